The lowest BCUT2D eigenvalue weighted by molar-refractivity contribution is -0.143. The Hall–Kier alpha value is -1.92. The Bertz CT molecular complexity index is 481. The Balaban J connectivity index is 1.76. The molecule has 0 bridgehead atoms. The first kappa shape index (κ1) is 15.5. The van der Waals surface area contributed by atoms with E-state index < -0.39 is 12.6 Å². The van der Waals surface area contributed by atoms with Crippen LogP contribution in [0.15, 0.2) is 24.3 Å². The predicted octanol–water partition coefficient (Wildman–Crippen LogP) is 1.32. The molecule has 2 rings (SSSR count). The van der Waals surface area contributed by atoms with Gasteiger partial charge in [0.2, 0.25) is 5.91 Å². The summed E-state index contributed by atoms with van der Waals surface area (Å²) in [4.78, 5) is 24.2. The number of carboxylic acids is 1. The highest BCUT2D eigenvalue weighted by molar-refractivity contribution is 5.91. The third-order valence-electron chi connectivity index (χ3n) is 3.30. The lowest BCUT2D eigenvalue weighted by Gasteiger charge is -2.14. The summed E-state index contributed by atoms with van der Waals surface area (Å²) in [6.45, 7) is 2.51. The summed E-state index contributed by atoms with van der Waals surface area (Å²) in [5.41, 5.74) is 1.90. The molecule has 21 heavy (non-hydrogen) atoms. The number of rotatable bonds is 7. The fourth-order valence-electron chi connectivity index (χ4n) is 2.32. The fraction of sp³-hybridized carbons (Fsp3) is 0.467. The van der Waals surface area contributed by atoms with Crippen LogP contribution in [0.25, 0.3) is 0 Å². The van der Waals surface area contributed by atoms with Gasteiger partial charge in [0.05, 0.1) is 0 Å². The summed E-state index contributed by atoms with van der Waals surface area (Å²) in [5, 5.41) is 11.1. The molecule has 0 unspecified atom stereocenters. The van der Waals surface area contributed by atoms with Crippen molar-refractivity contribution < 1.29 is 19.4 Å². The molecule has 114 valence electrons. The molecule has 6 heteroatoms. The Kier molecular flexibility index (Phi) is 5.71. The first-order valence-electron chi connectivity index (χ1n) is 7.04. The minimum absolute atomic E-state index is 0.262. The third kappa shape index (κ3) is 5.53. The number of nitrogens with zero attached hydrogens (tertiary/aromatic N) is 1. The van der Waals surface area contributed by atoms with E-state index >= 15 is 0 Å². The molecule has 0 radical (unpaired) electrons. The number of likely N-dealkylation sites (tertiary alicyclic amines) is 1. The van der Waals surface area contributed by atoms with Crippen LogP contribution >= 0.6 is 0 Å². The van der Waals surface area contributed by atoms with Crippen LogP contribution < -0.4 is 5.32 Å². The van der Waals surface area contributed by atoms with Crippen molar-refractivity contribution in [3.8, 4) is 0 Å². The van der Waals surface area contributed by atoms with Crippen molar-refractivity contribution >= 4 is 17.6 Å². The topological polar surface area (TPSA) is 78.9 Å². The molecule has 6 nitrogen and oxygen atoms in total. The maximum absolute atomic E-state index is 11.5. The molecule has 1 amide bonds. The molecule has 1 aliphatic rings. The van der Waals surface area contributed by atoms with Crippen LogP contribution in [0.1, 0.15) is 18.4 Å². The maximum atomic E-state index is 11.5. The Morgan fingerprint density at radius 3 is 2.43 bits per heavy atom. The summed E-state index contributed by atoms with van der Waals surface area (Å²) in [6.07, 6.45) is 2.54. The molecule has 0 saturated carbocycles. The van der Waals surface area contributed by atoms with Gasteiger partial charge in [-0.25, -0.2) is 4.79 Å². The Morgan fingerprint density at radius 2 is 1.81 bits per heavy atom. The number of hydrogen-bond acceptors (Lipinski definition) is 4. The molecule has 0 aliphatic carbocycles. The van der Waals surface area contributed by atoms with Crippen LogP contribution in [0.2, 0.25) is 0 Å². The Labute approximate surface area is 123 Å². The third-order valence-corrected chi connectivity index (χ3v) is 3.30. The summed E-state index contributed by atoms with van der Waals surface area (Å²) in [7, 11) is 0. The quantitative estimate of drug-likeness (QED) is 0.792. The molecule has 0 atom stereocenters. The van der Waals surface area contributed by atoms with Crippen LogP contribution in [-0.2, 0) is 20.9 Å². The minimum atomic E-state index is -1.09. The number of anilines is 1. The van der Waals surface area contributed by atoms with Crippen molar-refractivity contribution in [2.24, 2.45) is 0 Å². The van der Waals surface area contributed by atoms with Crippen LogP contribution in [0, 0.1) is 0 Å². The summed E-state index contributed by atoms with van der Waals surface area (Å²) in [5.74, 6) is -1.45. The van der Waals surface area contributed by atoms with Crippen molar-refractivity contribution in [3.63, 3.8) is 0 Å². The van der Waals surface area contributed by atoms with Crippen molar-refractivity contribution in [1.82, 2.24) is 4.90 Å². The van der Waals surface area contributed by atoms with E-state index in [0.717, 1.165) is 19.6 Å². The normalized spacial score (nSPS) is 15.0. The molecule has 1 saturated heterocycles. The van der Waals surface area contributed by atoms with Gasteiger partial charge in [0, 0.05) is 12.2 Å². The van der Waals surface area contributed by atoms with Crippen molar-refractivity contribution in [3.05, 3.63) is 29.8 Å². The van der Waals surface area contributed by atoms with Crippen molar-refractivity contribution in [2.45, 2.75) is 19.4 Å². The number of benzene rings is 1. The van der Waals surface area contributed by atoms with Crippen LogP contribution in [0.3, 0.4) is 0 Å². The number of amides is 1. The number of ether oxygens (including phenoxy) is 1. The maximum Gasteiger partial charge on any atom is 0.329 e. The second-order valence-electron chi connectivity index (χ2n) is 5.11. The highest BCUT2D eigenvalue weighted by Crippen LogP contribution is 2.15. The number of carbonyl (C=O) groups is 2. The minimum Gasteiger partial charge on any atom is -0.480 e. The molecule has 0 spiro atoms. The monoisotopic (exact) mass is 292 g/mol. The predicted molar refractivity (Wildman–Crippen MR) is 78.0 cm³/mol. The van der Waals surface area contributed by atoms with Gasteiger partial charge in [-0.05, 0) is 43.6 Å². The average Bonchev–Trinajstić information content (AvgIpc) is 2.93. The van der Waals surface area contributed by atoms with E-state index in [4.69, 9.17) is 9.84 Å². The van der Waals surface area contributed by atoms with Gasteiger partial charge in [-0.3, -0.25) is 9.69 Å². The van der Waals surface area contributed by atoms with Gasteiger partial charge in [-0.1, -0.05) is 12.1 Å². The SMILES string of the molecule is O=C(O)COCC(=O)Nc1ccc(CN2CCCC2)cc1. The molecular formula is C15H20N2O4. The molecular weight excluding hydrogens is 272 g/mol. The number of nitrogens with one attached hydrogen (secondary N) is 1. The molecule has 1 heterocycles. The first-order valence-corrected chi connectivity index (χ1v) is 7.04. The summed E-state index contributed by atoms with van der Waals surface area (Å²) < 4.78 is 4.72. The second-order valence-corrected chi connectivity index (χ2v) is 5.11. The van der Waals surface area contributed by atoms with Gasteiger partial charge in [0.15, 0.2) is 0 Å². The van der Waals surface area contributed by atoms with Crippen molar-refractivity contribution in [2.75, 3.05) is 31.6 Å². The van der Waals surface area contributed by atoms with Gasteiger partial charge in [0.25, 0.3) is 0 Å². The molecule has 1 aliphatic heterocycles. The zero-order valence-electron chi connectivity index (χ0n) is 11.9. The van der Waals surface area contributed by atoms with Gasteiger partial charge >= 0.3 is 5.97 Å². The Morgan fingerprint density at radius 1 is 1.14 bits per heavy atom. The van der Waals surface area contributed by atoms with Crippen LogP contribution in [-0.4, -0.2) is 48.2 Å². The first-order chi connectivity index (χ1) is 10.1. The largest absolute Gasteiger partial charge is 0.480 e. The molecule has 1 aromatic rings. The van der Waals surface area contributed by atoms with E-state index in [1.54, 1.807) is 0 Å². The average molecular weight is 292 g/mol. The van der Waals surface area contributed by atoms with Crippen LogP contribution in [0.4, 0.5) is 5.69 Å². The van der Waals surface area contributed by atoms with E-state index in [1.807, 2.05) is 24.3 Å². The highest BCUT2D eigenvalue weighted by atomic mass is 16.5. The molecule has 0 aromatic heterocycles. The van der Waals surface area contributed by atoms with Gasteiger partial charge in [0.1, 0.15) is 13.2 Å². The lowest BCUT2D eigenvalue weighted by atomic mass is 10.2. The van der Waals surface area contributed by atoms with Crippen molar-refractivity contribution in [1.29, 1.82) is 0 Å². The standard InChI is InChI=1S/C15H20N2O4/c18-14(10-21-11-15(19)20)16-13-5-3-12(4-6-13)9-17-7-1-2-8-17/h3-6H,1-2,7-11H2,(H,16,18)(H,19,20). The smallest absolute Gasteiger partial charge is 0.329 e. The van der Waals surface area contributed by atoms with Crippen LogP contribution in [0.5, 0.6) is 0 Å². The molecule has 2 N–H and O–H groups in total. The number of carbonyl (C=O) groups excluding carboxylic acids is 1. The zero-order valence-corrected chi connectivity index (χ0v) is 11.9. The molecule has 1 aromatic carbocycles. The molecule has 1 fully saturated rings. The van der Waals surface area contributed by atoms with Gasteiger partial charge in [-0.15, -0.1) is 0 Å². The number of carboxylic acid groups (broad SMARTS) is 1. The zero-order chi connectivity index (χ0) is 15.1. The summed E-state index contributed by atoms with van der Waals surface area (Å²) in [6, 6.07) is 7.68. The number of hydrogen-bond donors (Lipinski definition) is 2. The van der Waals surface area contributed by atoms with E-state index in [0.29, 0.717) is 5.69 Å². The van der Waals surface area contributed by atoms with Gasteiger partial charge in [-0.2, -0.15) is 0 Å². The lowest BCUT2D eigenvalue weighted by Crippen LogP contribution is -2.21. The van der Waals surface area contributed by atoms with E-state index in [-0.39, 0.29) is 12.5 Å². The highest BCUT2D eigenvalue weighted by Gasteiger charge is 2.11. The van der Waals surface area contributed by atoms with E-state index in [1.165, 1.54) is 18.4 Å². The van der Waals surface area contributed by atoms with E-state index in [9.17, 15) is 9.59 Å². The fourth-order valence-corrected chi connectivity index (χ4v) is 2.32. The second kappa shape index (κ2) is 7.75. The van der Waals surface area contributed by atoms with Gasteiger partial charge < -0.3 is 15.2 Å². The van der Waals surface area contributed by atoms with E-state index in [2.05, 4.69) is 10.2 Å². The number of aliphatic carboxylic acids is 1. The summed E-state index contributed by atoms with van der Waals surface area (Å²) >= 11 is 0.